The number of ether oxygens (including phenoxy) is 8. The summed E-state index contributed by atoms with van der Waals surface area (Å²) < 4.78 is 51.4. The van der Waals surface area contributed by atoms with Crippen molar-refractivity contribution in [3.8, 4) is 90.5 Å². The van der Waals surface area contributed by atoms with E-state index >= 15 is 0 Å². The molecule has 0 saturated carbocycles. The predicted octanol–water partition coefficient (Wildman–Crippen LogP) is 38.8. The molecule has 11 aromatic rings. The highest BCUT2D eigenvalue weighted by atomic mass is 16.5. The normalized spacial score (nSPS) is 11.9. The lowest BCUT2D eigenvalue weighted by Crippen LogP contribution is -2.09. The van der Waals surface area contributed by atoms with Gasteiger partial charge in [0.2, 0.25) is 0 Å². The van der Waals surface area contributed by atoms with Gasteiger partial charge in [-0.3, -0.25) is 0 Å². The molecule has 8 bridgehead atoms. The van der Waals surface area contributed by atoms with Crippen LogP contribution in [0.15, 0.2) is 267 Å². The molecule has 0 atom stereocenters. The monoisotopic (exact) mass is 1990 g/mol. The van der Waals surface area contributed by atoms with E-state index in [0.29, 0.717) is 52.9 Å². The molecule has 2 aliphatic heterocycles. The van der Waals surface area contributed by atoms with Crippen LogP contribution in [0, 0.1) is 0 Å². The van der Waals surface area contributed by atoms with Gasteiger partial charge in [0.15, 0.2) is 0 Å². The maximum absolute atomic E-state index is 6.49. The summed E-state index contributed by atoms with van der Waals surface area (Å²) in [5.74, 6) is 6.46. The molecular weight excluding hydrogens is 1820 g/mol. The number of H-pyrrole nitrogens is 2. The van der Waals surface area contributed by atoms with E-state index < -0.39 is 0 Å². The number of benzene rings is 8. The van der Waals surface area contributed by atoms with Crippen molar-refractivity contribution in [2.45, 2.75) is 336 Å². The largest absolute Gasteiger partial charge is 0.490 e. The Morgan fingerprint density at radius 1 is 0.189 bits per heavy atom. The zero-order valence-electron chi connectivity index (χ0n) is 90.5. The van der Waals surface area contributed by atoms with E-state index in [0.717, 1.165) is 161 Å². The summed E-state index contributed by atoms with van der Waals surface area (Å²) in [6.07, 6.45) is 88.1. The van der Waals surface area contributed by atoms with Gasteiger partial charge in [-0.1, -0.05) is 327 Å². The Balaban J connectivity index is 0.740. The standard InChI is InChI=1S/C136H174N4O8/c1-5-9-13-17-21-25-29-33-37-41-45-49-53-61-109-65-57-69-121(105-109)145-101-97-141-117-81-73-113(74-82-117)133-125-89-91-127(137-125)134(114-75-83-118(84-76-114)142-98-102-146-122-70-58-66-110(106-122)62-54-50-46-42-38-34-30-26-22-18-14-10-6-2)129-93-95-131(139-129)136(116-79-87-120(88-80-116)144-100-104-148-124-72-60-68-112(108-124)64-56-52-48-44-40-36-32-28-24-20-16-12-8-4)132-96-94-130(140-132)135(128-92-90-126(133)138-128)115-77-85-119(86-78-115)143-99-103-147-123-71-59-67-111(107-123)63-55-51-47-43-39-35-31-27-23-19-15-11-7-3/h25-32,57-60,65-96,105-108,137,140H,5-24,33-56,61-64,97-104H2,1-4H3/b29-25+,30-26+,31-27+,32-28+,133-125?,133-126?,134-127?,134-129?,135-128?,135-130?,136-131?,136-132?. The Bertz CT molecular complexity index is 5240. The van der Waals surface area contributed by atoms with E-state index in [4.69, 9.17) is 47.9 Å². The average molecular weight is 1990 g/mol. The molecule has 786 valence electrons. The lowest BCUT2D eigenvalue weighted by atomic mass is 10.0. The quantitative estimate of drug-likeness (QED) is 0.0281. The number of hydrogen-bond acceptors (Lipinski definition) is 10. The minimum absolute atomic E-state index is 0.382. The molecule has 0 aliphatic carbocycles. The molecule has 0 unspecified atom stereocenters. The van der Waals surface area contributed by atoms with Gasteiger partial charge < -0.3 is 47.9 Å². The molecule has 0 spiro atoms. The fraction of sp³-hybridized carbons (Fsp3) is 0.441. The van der Waals surface area contributed by atoms with Gasteiger partial charge >= 0.3 is 0 Å². The summed E-state index contributed by atoms with van der Waals surface area (Å²) in [5, 5.41) is 0. The molecule has 148 heavy (non-hydrogen) atoms. The first kappa shape index (κ1) is 113. The first-order valence-electron chi connectivity index (χ1n) is 57.9. The van der Waals surface area contributed by atoms with Crippen molar-refractivity contribution in [3.05, 3.63) is 312 Å². The molecule has 12 heteroatoms. The SMILES string of the molecule is CCCCCC/C=C/CCCCCCCc1cccc(OCCOc2ccc(-c3c4nc(c(-c5ccc(OCCOc6cccc(CCCCCCC/C=C/CCCCCC)c6)cc5)c5ccc([nH]5)c(-c5ccc(OCCOc6cccc(CCCCCCC/C=C/CCCCCC)c6)cc5)c5nc(c(-c6ccc(OCCOc7cccc(CCCCCCC/C=C/CCCCCC)c7)cc6)c6ccc3[nH]6)C=C5)C=C4)cc2)c1. The van der Waals surface area contributed by atoms with Crippen molar-refractivity contribution in [1.29, 1.82) is 0 Å². The average Bonchev–Trinajstić information content (AvgIpc) is 1.61. The summed E-state index contributed by atoms with van der Waals surface area (Å²) in [5.41, 5.74) is 19.4. The molecule has 8 aromatic carbocycles. The number of nitrogens with zero attached hydrogens (tertiary/aromatic N) is 2. The third-order valence-corrected chi connectivity index (χ3v) is 28.3. The Hall–Kier alpha value is -12.3. The second-order valence-electron chi connectivity index (χ2n) is 40.5. The molecule has 2 aliphatic rings. The van der Waals surface area contributed by atoms with Gasteiger partial charge in [-0.15, -0.1) is 0 Å². The first-order chi connectivity index (χ1) is 73.3. The van der Waals surface area contributed by atoms with E-state index in [1.165, 1.54) is 305 Å². The minimum Gasteiger partial charge on any atom is -0.490 e. The van der Waals surface area contributed by atoms with Crippen molar-refractivity contribution < 1.29 is 37.9 Å². The van der Waals surface area contributed by atoms with Gasteiger partial charge in [0, 0.05) is 44.3 Å². The van der Waals surface area contributed by atoms with E-state index in [9.17, 15) is 0 Å². The van der Waals surface area contributed by atoms with Crippen molar-refractivity contribution in [2.24, 2.45) is 0 Å². The Morgan fingerprint density at radius 3 is 0.574 bits per heavy atom. The lowest BCUT2D eigenvalue weighted by molar-refractivity contribution is 0.217. The smallest absolute Gasteiger partial charge is 0.122 e. The summed E-state index contributed by atoms with van der Waals surface area (Å²) in [4.78, 5) is 19.4. The molecule has 12 nitrogen and oxygen atoms in total. The highest BCUT2D eigenvalue weighted by molar-refractivity contribution is 6.00. The van der Waals surface area contributed by atoms with Crippen LogP contribution in [0.5, 0.6) is 46.0 Å². The minimum atomic E-state index is 0.382. The number of hydrogen-bond donors (Lipinski definition) is 2. The highest BCUT2D eigenvalue weighted by Crippen LogP contribution is 2.41. The van der Waals surface area contributed by atoms with Gasteiger partial charge in [0.05, 0.1) is 22.8 Å². The molecule has 3 aromatic heterocycles. The Labute approximate surface area is 889 Å². The van der Waals surface area contributed by atoms with Crippen molar-refractivity contribution >= 4 is 46.4 Å². The van der Waals surface area contributed by atoms with Crippen LogP contribution in [-0.2, 0) is 25.7 Å². The van der Waals surface area contributed by atoms with Crippen LogP contribution in [0.25, 0.3) is 90.9 Å². The third kappa shape index (κ3) is 41.0. The molecular formula is C136H174N4O8. The highest BCUT2D eigenvalue weighted by Gasteiger charge is 2.22. The molecule has 0 amide bonds. The van der Waals surface area contributed by atoms with E-state index in [1.807, 2.05) is 0 Å². The predicted molar refractivity (Wildman–Crippen MR) is 628 cm³/mol. The van der Waals surface area contributed by atoms with Crippen LogP contribution in [0.3, 0.4) is 0 Å². The number of fused-ring (bicyclic) bond motifs is 8. The molecule has 0 saturated heterocycles. The van der Waals surface area contributed by atoms with Gasteiger partial charge in [-0.25, -0.2) is 9.97 Å². The number of nitrogens with one attached hydrogen (secondary N) is 2. The van der Waals surface area contributed by atoms with Crippen LogP contribution >= 0.6 is 0 Å². The van der Waals surface area contributed by atoms with Gasteiger partial charge in [0.25, 0.3) is 0 Å². The van der Waals surface area contributed by atoms with Crippen molar-refractivity contribution in [3.63, 3.8) is 0 Å². The van der Waals surface area contributed by atoms with Crippen molar-refractivity contribution in [1.82, 2.24) is 19.9 Å². The maximum atomic E-state index is 6.49. The maximum Gasteiger partial charge on any atom is 0.122 e. The van der Waals surface area contributed by atoms with Crippen LogP contribution in [0.2, 0.25) is 0 Å². The second kappa shape index (κ2) is 68.4. The number of rotatable bonds is 76. The number of aryl methyl sites for hydroxylation is 4. The molecule has 0 fully saturated rings. The zero-order chi connectivity index (χ0) is 102. The zero-order valence-corrected chi connectivity index (χ0v) is 90.5. The van der Waals surface area contributed by atoms with Crippen LogP contribution < -0.4 is 37.9 Å². The fourth-order valence-electron chi connectivity index (χ4n) is 19.9. The molecule has 5 heterocycles. The summed E-state index contributed by atoms with van der Waals surface area (Å²) in [6, 6.07) is 76.6. The van der Waals surface area contributed by atoms with Crippen LogP contribution in [0.4, 0.5) is 0 Å². The van der Waals surface area contributed by atoms with Crippen molar-refractivity contribution in [2.75, 3.05) is 52.9 Å². The van der Waals surface area contributed by atoms with Crippen LogP contribution in [0.1, 0.15) is 355 Å². The fourth-order valence-corrected chi connectivity index (χ4v) is 19.9. The lowest BCUT2D eigenvalue weighted by Gasteiger charge is -2.11. The Morgan fingerprint density at radius 2 is 0.372 bits per heavy atom. The Kier molecular flexibility index (Phi) is 52.1. The molecule has 0 radical (unpaired) electrons. The molecule has 2 N–H and O–H groups in total. The topological polar surface area (TPSA) is 131 Å². The summed E-state index contributed by atoms with van der Waals surface area (Å²) in [7, 11) is 0. The second-order valence-corrected chi connectivity index (χ2v) is 40.5. The first-order valence-corrected chi connectivity index (χ1v) is 57.9. The van der Waals surface area contributed by atoms with Crippen LogP contribution in [-0.4, -0.2) is 72.8 Å². The number of aromatic amines is 2. The van der Waals surface area contributed by atoms with Gasteiger partial charge in [-0.05, 0) is 344 Å². The van der Waals surface area contributed by atoms with Gasteiger partial charge in [0.1, 0.15) is 98.9 Å². The number of unbranched alkanes of at least 4 members (excludes halogenated alkanes) is 36. The summed E-state index contributed by atoms with van der Waals surface area (Å²) in [6.45, 7) is 12.3. The summed E-state index contributed by atoms with van der Waals surface area (Å²) >= 11 is 0. The van der Waals surface area contributed by atoms with E-state index in [2.05, 4.69) is 329 Å². The van der Waals surface area contributed by atoms with E-state index in [-0.39, 0.29) is 0 Å². The van der Waals surface area contributed by atoms with E-state index in [1.54, 1.807) is 0 Å². The number of aromatic nitrogens is 4. The number of allylic oxidation sites excluding steroid dienone is 8. The molecule has 13 rings (SSSR count). The third-order valence-electron chi connectivity index (χ3n) is 28.3. The van der Waals surface area contributed by atoms with Gasteiger partial charge in [-0.2, -0.15) is 0 Å².